The lowest BCUT2D eigenvalue weighted by Crippen LogP contribution is -2.40. The molecule has 33 heavy (non-hydrogen) atoms. The summed E-state index contributed by atoms with van der Waals surface area (Å²) in [6.45, 7) is 2.14. The van der Waals surface area contributed by atoms with Crippen LogP contribution in [0.4, 0.5) is 11.4 Å². The fourth-order valence-electron chi connectivity index (χ4n) is 3.18. The predicted octanol–water partition coefficient (Wildman–Crippen LogP) is 3.89. The molecule has 0 radical (unpaired) electrons. The van der Waals surface area contributed by atoms with Crippen molar-refractivity contribution in [3.05, 3.63) is 83.9 Å². The fourth-order valence-corrected chi connectivity index (χ4v) is 3.18. The fraction of sp³-hybridized carbons (Fsp3) is 0.160. The molecule has 2 amide bonds. The van der Waals surface area contributed by atoms with Gasteiger partial charge in [-0.2, -0.15) is 0 Å². The second-order valence-corrected chi connectivity index (χ2v) is 7.18. The average Bonchev–Trinajstić information content (AvgIpc) is 2.84. The van der Waals surface area contributed by atoms with Gasteiger partial charge in [-0.1, -0.05) is 12.1 Å². The highest BCUT2D eigenvalue weighted by atomic mass is 16.6. The normalized spacial score (nSPS) is 14.2. The van der Waals surface area contributed by atoms with E-state index in [9.17, 15) is 14.4 Å². The van der Waals surface area contributed by atoms with Crippen molar-refractivity contribution >= 4 is 29.2 Å². The minimum atomic E-state index is -0.777. The van der Waals surface area contributed by atoms with E-state index in [4.69, 9.17) is 14.2 Å². The van der Waals surface area contributed by atoms with Gasteiger partial charge in [0.25, 0.3) is 11.8 Å². The van der Waals surface area contributed by atoms with Gasteiger partial charge >= 0.3 is 5.97 Å². The molecule has 1 atom stereocenters. The van der Waals surface area contributed by atoms with Crippen LogP contribution in [0.15, 0.2) is 72.8 Å². The number of anilines is 2. The monoisotopic (exact) mass is 446 g/mol. The summed E-state index contributed by atoms with van der Waals surface area (Å²) in [5, 5.41) is 5.53. The van der Waals surface area contributed by atoms with E-state index in [0.717, 1.165) is 0 Å². The molecule has 8 heteroatoms. The highest BCUT2D eigenvalue weighted by Gasteiger charge is 2.27. The number of amides is 2. The SMILES string of the molecule is CCOC(=O)c1ccc(NC(=O)c2ccc(NC(=O)C3COc4ccccc4O3)cc2)cc1. The molecule has 1 heterocycles. The Balaban J connectivity index is 1.33. The third kappa shape index (κ3) is 5.30. The minimum absolute atomic E-state index is 0.109. The van der Waals surface area contributed by atoms with E-state index >= 15 is 0 Å². The Hall–Kier alpha value is -4.33. The smallest absolute Gasteiger partial charge is 0.338 e. The molecule has 1 aliphatic heterocycles. The van der Waals surface area contributed by atoms with Gasteiger partial charge in [-0.3, -0.25) is 9.59 Å². The first-order chi connectivity index (χ1) is 16.0. The number of fused-ring (bicyclic) bond motifs is 1. The van der Waals surface area contributed by atoms with Crippen LogP contribution in [0.25, 0.3) is 0 Å². The van der Waals surface area contributed by atoms with Crippen LogP contribution in [0.1, 0.15) is 27.6 Å². The highest BCUT2D eigenvalue weighted by Crippen LogP contribution is 2.31. The summed E-state index contributed by atoms with van der Waals surface area (Å²) in [6.07, 6.45) is -0.777. The summed E-state index contributed by atoms with van der Waals surface area (Å²) in [5.74, 6) is 0.0434. The Labute approximate surface area is 190 Å². The maximum Gasteiger partial charge on any atom is 0.338 e. The number of carbonyl (C=O) groups excluding carboxylic acids is 3. The van der Waals surface area contributed by atoms with Gasteiger partial charge in [-0.05, 0) is 67.6 Å². The topological polar surface area (TPSA) is 103 Å². The van der Waals surface area contributed by atoms with Crippen molar-refractivity contribution in [3.8, 4) is 11.5 Å². The van der Waals surface area contributed by atoms with Crippen LogP contribution >= 0.6 is 0 Å². The molecular formula is C25H22N2O6. The number of nitrogens with one attached hydrogen (secondary N) is 2. The Morgan fingerprint density at radius 1 is 0.848 bits per heavy atom. The minimum Gasteiger partial charge on any atom is -0.485 e. The first-order valence-corrected chi connectivity index (χ1v) is 10.4. The summed E-state index contributed by atoms with van der Waals surface area (Å²) < 4.78 is 16.2. The van der Waals surface area contributed by atoms with Gasteiger partial charge in [0.15, 0.2) is 11.5 Å². The van der Waals surface area contributed by atoms with Crippen molar-refractivity contribution < 1.29 is 28.6 Å². The largest absolute Gasteiger partial charge is 0.485 e. The third-order valence-corrected chi connectivity index (χ3v) is 4.87. The van der Waals surface area contributed by atoms with Crippen LogP contribution < -0.4 is 20.1 Å². The second kappa shape index (κ2) is 9.86. The summed E-state index contributed by atoms with van der Waals surface area (Å²) >= 11 is 0. The standard InChI is InChI=1S/C25H22N2O6/c1-2-31-25(30)17-9-13-18(14-10-17)26-23(28)16-7-11-19(12-8-16)27-24(29)22-15-32-20-5-3-4-6-21(20)33-22/h3-14,22H,2,15H2,1H3,(H,26,28)(H,27,29). The number of esters is 1. The predicted molar refractivity (Wildman–Crippen MR) is 122 cm³/mol. The zero-order chi connectivity index (χ0) is 23.2. The van der Waals surface area contributed by atoms with Crippen molar-refractivity contribution in [1.29, 1.82) is 0 Å². The molecule has 0 aromatic heterocycles. The Morgan fingerprint density at radius 2 is 1.45 bits per heavy atom. The van der Waals surface area contributed by atoms with E-state index in [1.165, 1.54) is 0 Å². The van der Waals surface area contributed by atoms with Gasteiger partial charge in [0, 0.05) is 16.9 Å². The van der Waals surface area contributed by atoms with Gasteiger partial charge in [0.2, 0.25) is 6.10 Å². The lowest BCUT2D eigenvalue weighted by Gasteiger charge is -2.25. The molecule has 4 rings (SSSR count). The van der Waals surface area contributed by atoms with Gasteiger partial charge in [0.1, 0.15) is 6.61 Å². The van der Waals surface area contributed by atoms with Crippen molar-refractivity contribution in [2.45, 2.75) is 13.0 Å². The second-order valence-electron chi connectivity index (χ2n) is 7.18. The van der Waals surface area contributed by atoms with Gasteiger partial charge in [0.05, 0.1) is 12.2 Å². The first kappa shape index (κ1) is 21.9. The molecule has 1 unspecified atom stereocenters. The number of ether oxygens (including phenoxy) is 3. The Kier molecular flexibility index (Phi) is 6.54. The quantitative estimate of drug-likeness (QED) is 0.557. The van der Waals surface area contributed by atoms with Crippen molar-refractivity contribution in [2.24, 2.45) is 0 Å². The van der Waals surface area contributed by atoms with Crippen LogP contribution in [-0.2, 0) is 9.53 Å². The number of para-hydroxylation sites is 2. The molecule has 1 aliphatic rings. The number of hydrogen-bond acceptors (Lipinski definition) is 6. The molecule has 0 spiro atoms. The highest BCUT2D eigenvalue weighted by molar-refractivity contribution is 6.05. The maximum atomic E-state index is 12.5. The third-order valence-electron chi connectivity index (χ3n) is 4.87. The molecule has 3 aromatic carbocycles. The summed E-state index contributed by atoms with van der Waals surface area (Å²) in [4.78, 5) is 36.7. The maximum absolute atomic E-state index is 12.5. The molecule has 0 saturated heterocycles. The molecule has 2 N–H and O–H groups in total. The van der Waals surface area contributed by atoms with E-state index in [2.05, 4.69) is 10.6 Å². The van der Waals surface area contributed by atoms with Crippen LogP contribution in [-0.4, -0.2) is 37.1 Å². The van der Waals surface area contributed by atoms with Crippen LogP contribution in [0.2, 0.25) is 0 Å². The van der Waals surface area contributed by atoms with Crippen molar-refractivity contribution in [3.63, 3.8) is 0 Å². The van der Waals surface area contributed by atoms with E-state index in [1.807, 2.05) is 6.07 Å². The molecule has 0 saturated carbocycles. The molecule has 168 valence electrons. The van der Waals surface area contributed by atoms with Gasteiger partial charge in [-0.25, -0.2) is 4.79 Å². The zero-order valence-electron chi connectivity index (χ0n) is 17.9. The Morgan fingerprint density at radius 3 is 2.12 bits per heavy atom. The number of carbonyl (C=O) groups is 3. The van der Waals surface area contributed by atoms with Gasteiger partial charge < -0.3 is 24.8 Å². The van der Waals surface area contributed by atoms with E-state index in [1.54, 1.807) is 73.7 Å². The van der Waals surface area contributed by atoms with Gasteiger partial charge in [-0.15, -0.1) is 0 Å². The van der Waals surface area contributed by atoms with E-state index < -0.39 is 12.1 Å². The summed E-state index contributed by atoms with van der Waals surface area (Å²) in [6, 6.07) is 20.1. The zero-order valence-corrected chi connectivity index (χ0v) is 17.9. The average molecular weight is 446 g/mol. The van der Waals surface area contributed by atoms with Crippen LogP contribution in [0.3, 0.4) is 0 Å². The summed E-state index contributed by atoms with van der Waals surface area (Å²) in [5.41, 5.74) is 1.89. The molecule has 3 aromatic rings. The lowest BCUT2D eigenvalue weighted by molar-refractivity contribution is -0.125. The molecule has 0 aliphatic carbocycles. The van der Waals surface area contributed by atoms with Crippen LogP contribution in [0.5, 0.6) is 11.5 Å². The molecular weight excluding hydrogens is 424 g/mol. The molecule has 8 nitrogen and oxygen atoms in total. The lowest BCUT2D eigenvalue weighted by atomic mass is 10.1. The number of rotatable bonds is 6. The summed E-state index contributed by atoms with van der Waals surface area (Å²) in [7, 11) is 0. The molecule has 0 fully saturated rings. The Bertz CT molecular complexity index is 1160. The first-order valence-electron chi connectivity index (χ1n) is 10.4. The van der Waals surface area contributed by atoms with Crippen molar-refractivity contribution in [1.82, 2.24) is 0 Å². The molecule has 0 bridgehead atoms. The number of benzene rings is 3. The van der Waals surface area contributed by atoms with E-state index in [0.29, 0.717) is 40.6 Å². The number of hydrogen-bond donors (Lipinski definition) is 2. The van der Waals surface area contributed by atoms with Crippen LogP contribution in [0, 0.1) is 0 Å². The van der Waals surface area contributed by atoms with Crippen molar-refractivity contribution in [2.75, 3.05) is 23.8 Å². The van der Waals surface area contributed by atoms with E-state index in [-0.39, 0.29) is 18.4 Å².